The molecule has 2 aromatic carbocycles. The predicted octanol–water partition coefficient (Wildman–Crippen LogP) is 3.26. The Bertz CT molecular complexity index is 786. The van der Waals surface area contributed by atoms with Gasteiger partial charge in [0.2, 0.25) is 5.91 Å². The van der Waals surface area contributed by atoms with Crippen molar-refractivity contribution in [2.75, 3.05) is 19.5 Å². The molecule has 0 bridgehead atoms. The van der Waals surface area contributed by atoms with Crippen molar-refractivity contribution in [1.82, 2.24) is 0 Å². The van der Waals surface area contributed by atoms with Crippen molar-refractivity contribution < 1.29 is 19.2 Å². The topological polar surface area (TPSA) is 90.7 Å². The highest BCUT2D eigenvalue weighted by atomic mass is 16.6. The zero-order valence-corrected chi connectivity index (χ0v) is 13.2. The van der Waals surface area contributed by atoms with E-state index in [-0.39, 0.29) is 5.69 Å². The van der Waals surface area contributed by atoms with Crippen LogP contribution < -0.4 is 14.8 Å². The summed E-state index contributed by atoms with van der Waals surface area (Å²) in [5.41, 5.74) is 1.02. The Kier molecular flexibility index (Phi) is 5.51. The molecule has 1 N–H and O–H groups in total. The summed E-state index contributed by atoms with van der Waals surface area (Å²) in [7, 11) is 3.07. The van der Waals surface area contributed by atoms with E-state index in [0.717, 1.165) is 5.56 Å². The fourth-order valence-electron chi connectivity index (χ4n) is 2.01. The Morgan fingerprint density at radius 2 is 1.88 bits per heavy atom. The first-order valence-electron chi connectivity index (χ1n) is 6.99. The van der Waals surface area contributed by atoms with Crippen molar-refractivity contribution in [2.24, 2.45) is 0 Å². The normalized spacial score (nSPS) is 10.4. The first-order chi connectivity index (χ1) is 11.5. The van der Waals surface area contributed by atoms with Crippen molar-refractivity contribution in [3.63, 3.8) is 0 Å². The Balaban J connectivity index is 2.08. The molecule has 7 nitrogen and oxygen atoms in total. The number of nitro groups is 1. The van der Waals surface area contributed by atoms with Crippen LogP contribution in [0.1, 0.15) is 5.56 Å². The molecular weight excluding hydrogens is 312 g/mol. The van der Waals surface area contributed by atoms with E-state index in [2.05, 4.69) is 5.32 Å². The number of rotatable bonds is 6. The molecule has 0 saturated carbocycles. The van der Waals surface area contributed by atoms with Crippen LogP contribution in [0, 0.1) is 10.1 Å². The van der Waals surface area contributed by atoms with Gasteiger partial charge >= 0.3 is 0 Å². The largest absolute Gasteiger partial charge is 0.493 e. The summed E-state index contributed by atoms with van der Waals surface area (Å²) < 4.78 is 10.3. The number of hydrogen-bond donors (Lipinski definition) is 1. The van der Waals surface area contributed by atoms with Crippen LogP contribution in [-0.2, 0) is 4.79 Å². The zero-order chi connectivity index (χ0) is 17.5. The second-order valence-corrected chi connectivity index (χ2v) is 4.74. The van der Waals surface area contributed by atoms with Crippen LogP contribution in [0.2, 0.25) is 0 Å². The highest BCUT2D eigenvalue weighted by Gasteiger charge is 2.07. The molecule has 0 spiro atoms. The number of nitrogens with one attached hydrogen (secondary N) is 1. The highest BCUT2D eigenvalue weighted by Crippen LogP contribution is 2.28. The highest BCUT2D eigenvalue weighted by molar-refractivity contribution is 6.02. The fourth-order valence-corrected chi connectivity index (χ4v) is 2.01. The third-order valence-electron chi connectivity index (χ3n) is 3.16. The first-order valence-corrected chi connectivity index (χ1v) is 6.99. The number of carbonyl (C=O) groups is 1. The van der Waals surface area contributed by atoms with Crippen molar-refractivity contribution in [3.8, 4) is 11.5 Å². The van der Waals surface area contributed by atoms with Crippen molar-refractivity contribution in [2.45, 2.75) is 0 Å². The molecule has 0 radical (unpaired) electrons. The molecule has 24 heavy (non-hydrogen) atoms. The van der Waals surface area contributed by atoms with Crippen LogP contribution in [0.15, 0.2) is 48.5 Å². The Morgan fingerprint density at radius 3 is 2.54 bits per heavy atom. The zero-order valence-electron chi connectivity index (χ0n) is 13.2. The van der Waals surface area contributed by atoms with Crippen molar-refractivity contribution in [3.05, 3.63) is 64.2 Å². The van der Waals surface area contributed by atoms with Gasteiger partial charge in [-0.15, -0.1) is 0 Å². The monoisotopic (exact) mass is 328 g/mol. The molecule has 0 aliphatic heterocycles. The molecule has 0 unspecified atom stereocenters. The van der Waals surface area contributed by atoms with E-state index in [4.69, 9.17) is 9.47 Å². The summed E-state index contributed by atoms with van der Waals surface area (Å²) in [5, 5.41) is 13.3. The van der Waals surface area contributed by atoms with Crippen LogP contribution in [0.25, 0.3) is 6.08 Å². The lowest BCUT2D eigenvalue weighted by Gasteiger charge is -2.07. The van der Waals surface area contributed by atoms with Crippen LogP contribution in [-0.4, -0.2) is 25.1 Å². The number of ether oxygens (including phenoxy) is 2. The number of anilines is 1. The Hall–Kier alpha value is -3.35. The third-order valence-corrected chi connectivity index (χ3v) is 3.16. The maximum atomic E-state index is 11.9. The van der Waals surface area contributed by atoms with Crippen LogP contribution >= 0.6 is 0 Å². The summed E-state index contributed by atoms with van der Waals surface area (Å²) in [6, 6.07) is 11.0. The Labute approximate surface area is 138 Å². The summed E-state index contributed by atoms with van der Waals surface area (Å²) in [5.74, 6) is 0.750. The summed E-state index contributed by atoms with van der Waals surface area (Å²) in [6.45, 7) is 0. The van der Waals surface area contributed by atoms with E-state index < -0.39 is 10.8 Å². The second-order valence-electron chi connectivity index (χ2n) is 4.74. The van der Waals surface area contributed by atoms with Gasteiger partial charge < -0.3 is 14.8 Å². The van der Waals surface area contributed by atoms with Gasteiger partial charge in [0.1, 0.15) is 0 Å². The van der Waals surface area contributed by atoms with E-state index in [1.165, 1.54) is 31.4 Å². The molecule has 0 aromatic heterocycles. The average molecular weight is 328 g/mol. The van der Waals surface area contributed by atoms with Crippen LogP contribution in [0.5, 0.6) is 11.5 Å². The van der Waals surface area contributed by atoms with E-state index in [1.807, 2.05) is 0 Å². The lowest BCUT2D eigenvalue weighted by Crippen LogP contribution is -2.07. The molecule has 0 heterocycles. The minimum Gasteiger partial charge on any atom is -0.493 e. The number of hydrogen-bond acceptors (Lipinski definition) is 5. The molecule has 2 rings (SSSR count). The first kappa shape index (κ1) is 17.0. The van der Waals surface area contributed by atoms with Gasteiger partial charge in [-0.05, 0) is 29.8 Å². The summed E-state index contributed by atoms with van der Waals surface area (Å²) >= 11 is 0. The van der Waals surface area contributed by atoms with E-state index in [1.54, 1.807) is 37.5 Å². The number of carbonyl (C=O) groups excluding carboxylic acids is 1. The second kappa shape index (κ2) is 7.77. The number of non-ortho nitro benzene ring substituents is 1. The van der Waals surface area contributed by atoms with Gasteiger partial charge in [0.25, 0.3) is 5.69 Å². The molecule has 0 aliphatic carbocycles. The number of benzene rings is 2. The van der Waals surface area contributed by atoms with Crippen molar-refractivity contribution in [1.29, 1.82) is 0 Å². The minimum absolute atomic E-state index is 0.0864. The smallest absolute Gasteiger partial charge is 0.271 e. The van der Waals surface area contributed by atoms with Crippen molar-refractivity contribution >= 4 is 23.4 Å². The van der Waals surface area contributed by atoms with E-state index in [0.29, 0.717) is 17.2 Å². The van der Waals surface area contributed by atoms with Gasteiger partial charge in [0.15, 0.2) is 11.5 Å². The molecule has 0 saturated heterocycles. The molecular formula is C17H16N2O5. The average Bonchev–Trinajstić information content (AvgIpc) is 2.59. The molecule has 0 aliphatic rings. The number of nitro benzene ring substituents is 1. The summed E-state index contributed by atoms with van der Waals surface area (Å²) in [6.07, 6.45) is 2.94. The van der Waals surface area contributed by atoms with E-state index in [9.17, 15) is 14.9 Å². The van der Waals surface area contributed by atoms with Gasteiger partial charge in [0, 0.05) is 23.9 Å². The van der Waals surface area contributed by atoms with Crippen LogP contribution in [0.4, 0.5) is 11.4 Å². The molecule has 2 aromatic rings. The number of nitrogens with zero attached hydrogens (tertiary/aromatic N) is 1. The van der Waals surface area contributed by atoms with Gasteiger partial charge in [-0.3, -0.25) is 14.9 Å². The molecule has 1 amide bonds. The number of amides is 1. The maximum Gasteiger partial charge on any atom is 0.271 e. The van der Waals surface area contributed by atoms with Gasteiger partial charge in [-0.2, -0.15) is 0 Å². The van der Waals surface area contributed by atoms with Gasteiger partial charge in [-0.1, -0.05) is 12.1 Å². The van der Waals surface area contributed by atoms with E-state index >= 15 is 0 Å². The van der Waals surface area contributed by atoms with Gasteiger partial charge in [-0.25, -0.2) is 0 Å². The van der Waals surface area contributed by atoms with Crippen LogP contribution in [0.3, 0.4) is 0 Å². The minimum atomic E-state index is -0.519. The summed E-state index contributed by atoms with van der Waals surface area (Å²) in [4.78, 5) is 22.1. The SMILES string of the molecule is COc1ccc(C=CC(=O)Nc2cccc([N+](=O)[O-])c2)cc1OC. The van der Waals surface area contributed by atoms with Gasteiger partial charge in [0.05, 0.1) is 19.1 Å². The predicted molar refractivity (Wildman–Crippen MR) is 90.3 cm³/mol. The number of methoxy groups -OCH3 is 2. The Morgan fingerprint density at radius 1 is 1.12 bits per heavy atom. The third kappa shape index (κ3) is 4.33. The standard InChI is InChI=1S/C17H16N2O5/c1-23-15-8-6-12(10-16(15)24-2)7-9-17(20)18-13-4-3-5-14(11-13)19(21)22/h3-11H,1-2H3,(H,18,20). The maximum absolute atomic E-state index is 11.9. The molecule has 7 heteroatoms. The lowest BCUT2D eigenvalue weighted by molar-refractivity contribution is -0.384. The lowest BCUT2D eigenvalue weighted by atomic mass is 10.2. The molecule has 0 atom stereocenters. The molecule has 0 fully saturated rings. The molecule has 124 valence electrons. The quantitative estimate of drug-likeness (QED) is 0.499. The fraction of sp³-hybridized carbons (Fsp3) is 0.118.